The van der Waals surface area contributed by atoms with Crippen molar-refractivity contribution in [2.45, 2.75) is 30.5 Å². The Morgan fingerprint density at radius 3 is 2.55 bits per heavy atom. The fourth-order valence-electron chi connectivity index (χ4n) is 2.43. The highest BCUT2D eigenvalue weighted by Gasteiger charge is 2.40. The Hall–Kier alpha value is -0.830. The summed E-state index contributed by atoms with van der Waals surface area (Å²) in [5, 5.41) is -0.166. The van der Waals surface area contributed by atoms with Crippen molar-refractivity contribution in [2.75, 3.05) is 13.1 Å². The van der Waals surface area contributed by atoms with Gasteiger partial charge < -0.3 is 5.73 Å². The fourth-order valence-corrected chi connectivity index (χ4v) is 4.35. The van der Waals surface area contributed by atoms with E-state index in [2.05, 4.69) is 0 Å². The number of hydrogen-bond acceptors (Lipinski definition) is 3. The highest BCUT2D eigenvalue weighted by atomic mass is 35.5. The third-order valence-electron chi connectivity index (χ3n) is 3.80. The van der Waals surface area contributed by atoms with Crippen LogP contribution in [0.5, 0.6) is 0 Å². The first kappa shape index (κ1) is 17.5. The fraction of sp³-hybridized carbons (Fsp3) is 0.538. The molecule has 0 spiro atoms. The van der Waals surface area contributed by atoms with Gasteiger partial charge in [-0.05, 0) is 30.5 Å². The number of piperidine rings is 1. The van der Waals surface area contributed by atoms with Crippen LogP contribution in [-0.2, 0) is 16.2 Å². The van der Waals surface area contributed by atoms with Crippen molar-refractivity contribution < 1.29 is 21.6 Å². The van der Waals surface area contributed by atoms with Gasteiger partial charge in [0.1, 0.15) is 0 Å². The molecular weight excluding hydrogens is 341 g/mol. The zero-order valence-electron chi connectivity index (χ0n) is 11.8. The van der Waals surface area contributed by atoms with E-state index in [1.54, 1.807) is 6.92 Å². The molecule has 1 aliphatic rings. The van der Waals surface area contributed by atoms with Gasteiger partial charge in [-0.1, -0.05) is 18.5 Å². The van der Waals surface area contributed by atoms with Gasteiger partial charge in [-0.3, -0.25) is 0 Å². The third-order valence-corrected chi connectivity index (χ3v) is 5.96. The zero-order valence-corrected chi connectivity index (χ0v) is 13.3. The van der Waals surface area contributed by atoms with Crippen LogP contribution < -0.4 is 5.73 Å². The van der Waals surface area contributed by atoms with Crippen molar-refractivity contribution >= 4 is 21.6 Å². The van der Waals surface area contributed by atoms with Crippen LogP contribution in [0.2, 0.25) is 5.02 Å². The van der Waals surface area contributed by atoms with E-state index in [1.807, 2.05) is 0 Å². The first-order valence-corrected chi connectivity index (χ1v) is 8.47. The maximum absolute atomic E-state index is 13.1. The molecule has 1 aromatic rings. The van der Waals surface area contributed by atoms with E-state index in [4.69, 9.17) is 17.3 Å². The van der Waals surface area contributed by atoms with Crippen LogP contribution in [0, 0.1) is 5.92 Å². The molecule has 1 aliphatic heterocycles. The minimum absolute atomic E-state index is 0.101. The number of hydrogen-bond donors (Lipinski definition) is 1. The Labute approximate surface area is 132 Å². The number of nitrogens with two attached hydrogens (primary N) is 1. The van der Waals surface area contributed by atoms with Crippen molar-refractivity contribution in [1.82, 2.24) is 4.31 Å². The smallest absolute Gasteiger partial charge is 0.327 e. The van der Waals surface area contributed by atoms with Crippen molar-refractivity contribution in [3.05, 3.63) is 28.8 Å². The van der Waals surface area contributed by atoms with Crippen LogP contribution in [0.15, 0.2) is 23.1 Å². The van der Waals surface area contributed by atoms with Gasteiger partial charge in [-0.25, -0.2) is 8.42 Å². The lowest BCUT2D eigenvalue weighted by molar-refractivity contribution is -0.139. The summed E-state index contributed by atoms with van der Waals surface area (Å²) in [5.41, 5.74) is 4.57. The minimum atomic E-state index is -4.80. The van der Waals surface area contributed by atoms with Crippen LogP contribution in [0.4, 0.5) is 13.2 Å². The number of benzene rings is 1. The summed E-state index contributed by atoms with van der Waals surface area (Å²) in [5.74, 6) is -0.120. The van der Waals surface area contributed by atoms with Crippen molar-refractivity contribution in [2.24, 2.45) is 11.7 Å². The summed E-state index contributed by atoms with van der Waals surface area (Å²) in [7, 11) is -4.25. The van der Waals surface area contributed by atoms with E-state index < -0.39 is 26.7 Å². The Morgan fingerprint density at radius 2 is 2.00 bits per heavy atom. The monoisotopic (exact) mass is 356 g/mol. The van der Waals surface area contributed by atoms with Crippen LogP contribution in [-0.4, -0.2) is 31.9 Å². The zero-order chi connectivity index (χ0) is 16.7. The van der Waals surface area contributed by atoms with Gasteiger partial charge in [-0.15, -0.1) is 0 Å². The molecular formula is C13H16ClF3N2O2S. The average Bonchev–Trinajstić information content (AvgIpc) is 2.40. The van der Waals surface area contributed by atoms with E-state index in [0.29, 0.717) is 12.5 Å². The number of sulfonamides is 1. The Kier molecular flexibility index (Phi) is 4.77. The van der Waals surface area contributed by atoms with E-state index >= 15 is 0 Å². The molecule has 1 aromatic carbocycles. The summed E-state index contributed by atoms with van der Waals surface area (Å²) in [6.45, 7) is 1.98. The number of halogens is 4. The molecule has 0 aromatic heterocycles. The summed E-state index contributed by atoms with van der Waals surface area (Å²) in [4.78, 5) is -0.771. The largest absolute Gasteiger partial charge is 0.417 e. The number of nitrogens with zero attached hydrogens (tertiary/aromatic N) is 1. The molecule has 2 atom stereocenters. The molecule has 1 saturated heterocycles. The third kappa shape index (κ3) is 3.40. The number of alkyl halides is 3. The topological polar surface area (TPSA) is 63.4 Å². The van der Waals surface area contributed by atoms with Gasteiger partial charge >= 0.3 is 6.18 Å². The van der Waals surface area contributed by atoms with E-state index in [0.717, 1.165) is 16.4 Å². The van der Waals surface area contributed by atoms with Crippen molar-refractivity contribution in [3.8, 4) is 0 Å². The van der Waals surface area contributed by atoms with E-state index in [-0.39, 0.29) is 30.1 Å². The molecule has 2 unspecified atom stereocenters. The molecule has 0 aliphatic carbocycles. The molecule has 124 valence electrons. The first-order chi connectivity index (χ1) is 10.0. The summed E-state index contributed by atoms with van der Waals surface area (Å²) >= 11 is 5.58. The van der Waals surface area contributed by atoms with Gasteiger partial charge in [0.05, 0.1) is 10.5 Å². The second-order valence-corrected chi connectivity index (χ2v) is 7.77. The summed E-state index contributed by atoms with van der Waals surface area (Å²) in [6, 6.07) is 2.52. The maximum atomic E-state index is 13.1. The summed E-state index contributed by atoms with van der Waals surface area (Å²) < 4.78 is 65.5. The summed E-state index contributed by atoms with van der Waals surface area (Å²) in [6.07, 6.45) is -4.39. The van der Waals surface area contributed by atoms with Crippen molar-refractivity contribution in [3.63, 3.8) is 0 Å². The Balaban J connectivity index is 2.46. The van der Waals surface area contributed by atoms with E-state index in [9.17, 15) is 21.6 Å². The average molecular weight is 357 g/mol. The van der Waals surface area contributed by atoms with Crippen LogP contribution in [0.3, 0.4) is 0 Å². The van der Waals surface area contributed by atoms with Crippen molar-refractivity contribution in [1.29, 1.82) is 0 Å². The van der Waals surface area contributed by atoms with Crippen LogP contribution in [0.25, 0.3) is 0 Å². The normalized spacial score (nSPS) is 24.5. The minimum Gasteiger partial charge on any atom is -0.327 e. The van der Waals surface area contributed by atoms with Gasteiger partial charge in [-0.2, -0.15) is 17.5 Å². The first-order valence-electron chi connectivity index (χ1n) is 6.66. The highest BCUT2D eigenvalue weighted by Crippen LogP contribution is 2.37. The molecule has 0 radical (unpaired) electrons. The molecule has 1 heterocycles. The quantitative estimate of drug-likeness (QED) is 0.886. The van der Waals surface area contributed by atoms with Crippen LogP contribution >= 0.6 is 11.6 Å². The SMILES string of the molecule is CC1CN(S(=O)(=O)c2ccc(Cl)cc2C(F)(F)F)CCC1N. The molecule has 2 N–H and O–H groups in total. The molecule has 4 nitrogen and oxygen atoms in total. The van der Waals surface area contributed by atoms with E-state index in [1.165, 1.54) is 0 Å². The second kappa shape index (κ2) is 5.99. The lowest BCUT2D eigenvalue weighted by Gasteiger charge is -2.34. The Morgan fingerprint density at radius 1 is 1.36 bits per heavy atom. The molecule has 0 saturated carbocycles. The van der Waals surface area contributed by atoms with Gasteiger partial charge in [0.25, 0.3) is 0 Å². The molecule has 0 amide bonds. The predicted octanol–water partition coefficient (Wildman–Crippen LogP) is 2.72. The predicted molar refractivity (Wildman–Crippen MR) is 77.0 cm³/mol. The van der Waals surface area contributed by atoms with Crippen LogP contribution in [0.1, 0.15) is 18.9 Å². The Bertz CT molecular complexity index is 664. The highest BCUT2D eigenvalue weighted by molar-refractivity contribution is 7.89. The van der Waals surface area contributed by atoms with Gasteiger partial charge in [0, 0.05) is 24.2 Å². The molecule has 1 fully saturated rings. The van der Waals surface area contributed by atoms with Gasteiger partial charge in [0.15, 0.2) is 0 Å². The lowest BCUT2D eigenvalue weighted by Crippen LogP contribution is -2.48. The standard InChI is InChI=1S/C13H16ClF3N2O2S/c1-8-7-19(5-4-11(8)18)22(20,21)12-3-2-9(14)6-10(12)13(15,16)17/h2-3,6,8,11H,4-5,7,18H2,1H3. The lowest BCUT2D eigenvalue weighted by atomic mass is 9.96. The maximum Gasteiger partial charge on any atom is 0.417 e. The van der Waals surface area contributed by atoms with Gasteiger partial charge in [0.2, 0.25) is 10.0 Å². The molecule has 0 bridgehead atoms. The second-order valence-electron chi connectivity index (χ2n) is 5.43. The number of rotatable bonds is 2. The molecule has 9 heteroatoms. The molecule has 22 heavy (non-hydrogen) atoms. The molecule has 2 rings (SSSR count).